The van der Waals surface area contributed by atoms with E-state index in [9.17, 15) is 4.79 Å². The van der Waals surface area contributed by atoms with Crippen molar-refractivity contribution in [3.05, 3.63) is 5.15 Å². The summed E-state index contributed by atoms with van der Waals surface area (Å²) in [6.45, 7) is 1.72. The van der Waals surface area contributed by atoms with Gasteiger partial charge in [0.15, 0.2) is 11.0 Å². The molecule has 13 heavy (non-hydrogen) atoms. The summed E-state index contributed by atoms with van der Waals surface area (Å²) in [5, 5.41) is 5.63. The Morgan fingerprint density at radius 3 is 2.77 bits per heavy atom. The lowest BCUT2D eigenvalue weighted by atomic mass is 10.3. The number of hydrogen-bond acceptors (Lipinski definition) is 5. The van der Waals surface area contributed by atoms with Crippen LogP contribution in [0.25, 0.3) is 0 Å². The average molecular weight is 221 g/mol. The van der Waals surface area contributed by atoms with E-state index in [4.69, 9.17) is 11.6 Å². The molecule has 0 aliphatic heterocycles. The minimum Gasteiger partial charge on any atom is -0.357 e. The first-order chi connectivity index (χ1) is 6.15. The first-order valence-electron chi connectivity index (χ1n) is 3.61. The SMILES string of the molecule is CNC(=O)C(C)Nc1nsnc1Cl. The van der Waals surface area contributed by atoms with Gasteiger partial charge in [0.1, 0.15) is 6.04 Å². The summed E-state index contributed by atoms with van der Waals surface area (Å²) in [4.78, 5) is 11.1. The van der Waals surface area contributed by atoms with E-state index in [1.54, 1.807) is 14.0 Å². The van der Waals surface area contributed by atoms with E-state index in [0.717, 1.165) is 11.7 Å². The third kappa shape index (κ3) is 2.53. The van der Waals surface area contributed by atoms with Crippen LogP contribution in [0, 0.1) is 0 Å². The van der Waals surface area contributed by atoms with Crippen molar-refractivity contribution in [2.45, 2.75) is 13.0 Å². The first-order valence-corrected chi connectivity index (χ1v) is 4.72. The number of amides is 1. The summed E-state index contributed by atoms with van der Waals surface area (Å²) >= 11 is 6.68. The number of likely N-dealkylation sites (N-methyl/N-ethyl adjacent to an activating group) is 1. The van der Waals surface area contributed by atoms with Gasteiger partial charge in [0.25, 0.3) is 0 Å². The van der Waals surface area contributed by atoms with Gasteiger partial charge in [-0.25, -0.2) is 0 Å². The predicted octanol–water partition coefficient (Wildman–Crippen LogP) is 0.738. The summed E-state index contributed by atoms with van der Waals surface area (Å²) < 4.78 is 7.64. The maximum Gasteiger partial charge on any atom is 0.241 e. The van der Waals surface area contributed by atoms with Crippen LogP contribution in [0.5, 0.6) is 0 Å². The summed E-state index contributed by atoms with van der Waals surface area (Å²) in [5.74, 6) is 0.326. The average Bonchev–Trinajstić information content (AvgIpc) is 2.50. The molecule has 5 nitrogen and oxygen atoms in total. The van der Waals surface area contributed by atoms with Gasteiger partial charge >= 0.3 is 0 Å². The van der Waals surface area contributed by atoms with Gasteiger partial charge in [0.05, 0.1) is 11.7 Å². The van der Waals surface area contributed by atoms with Crippen LogP contribution in [0.4, 0.5) is 5.82 Å². The molecule has 1 rings (SSSR count). The molecule has 1 atom stereocenters. The second-order valence-electron chi connectivity index (χ2n) is 2.38. The standard InChI is InChI=1S/C6H9ClN4OS/c1-3(6(12)8-2)9-5-4(7)10-13-11-5/h3H,1-2H3,(H,8,12)(H,9,11). The molecule has 0 radical (unpaired) electrons. The van der Waals surface area contributed by atoms with Crippen molar-refractivity contribution in [1.29, 1.82) is 0 Å². The highest BCUT2D eigenvalue weighted by Gasteiger charge is 2.13. The fourth-order valence-corrected chi connectivity index (χ4v) is 1.41. The van der Waals surface area contributed by atoms with E-state index < -0.39 is 0 Å². The Balaban J connectivity index is 2.59. The van der Waals surface area contributed by atoms with Crippen LogP contribution in [0.3, 0.4) is 0 Å². The van der Waals surface area contributed by atoms with Crippen molar-refractivity contribution in [3.63, 3.8) is 0 Å². The van der Waals surface area contributed by atoms with Crippen molar-refractivity contribution < 1.29 is 4.79 Å². The smallest absolute Gasteiger partial charge is 0.241 e. The Morgan fingerprint density at radius 2 is 2.31 bits per heavy atom. The monoisotopic (exact) mass is 220 g/mol. The molecule has 1 aromatic rings. The molecule has 0 bridgehead atoms. The summed E-state index contributed by atoms with van der Waals surface area (Å²) in [6, 6.07) is -0.369. The predicted molar refractivity (Wildman–Crippen MR) is 52.1 cm³/mol. The van der Waals surface area contributed by atoms with Crippen LogP contribution in [0.2, 0.25) is 5.15 Å². The number of rotatable bonds is 3. The molecule has 1 aromatic heterocycles. The van der Waals surface area contributed by atoms with Crippen molar-refractivity contribution in [3.8, 4) is 0 Å². The Hall–Kier alpha value is -0.880. The van der Waals surface area contributed by atoms with E-state index in [1.165, 1.54) is 0 Å². The van der Waals surface area contributed by atoms with E-state index >= 15 is 0 Å². The molecule has 0 aliphatic carbocycles. The molecule has 0 aliphatic rings. The molecule has 1 amide bonds. The highest BCUT2D eigenvalue weighted by molar-refractivity contribution is 6.99. The maximum absolute atomic E-state index is 11.1. The van der Waals surface area contributed by atoms with Gasteiger partial charge in [-0.15, -0.1) is 0 Å². The first kappa shape index (κ1) is 10.2. The number of nitrogens with one attached hydrogen (secondary N) is 2. The summed E-state index contributed by atoms with van der Waals surface area (Å²) in [5.41, 5.74) is 0. The third-order valence-electron chi connectivity index (χ3n) is 1.44. The number of carbonyl (C=O) groups excluding carboxylic acids is 1. The normalized spacial score (nSPS) is 12.2. The topological polar surface area (TPSA) is 66.9 Å². The third-order valence-corrected chi connectivity index (χ3v) is 2.33. The van der Waals surface area contributed by atoms with Crippen LogP contribution in [0.15, 0.2) is 0 Å². The molecule has 0 aromatic carbocycles. The highest BCUT2D eigenvalue weighted by atomic mass is 35.5. The van der Waals surface area contributed by atoms with Gasteiger partial charge in [-0.05, 0) is 6.92 Å². The Labute approximate surface area is 84.8 Å². The molecular formula is C6H9ClN4OS. The molecule has 0 fully saturated rings. The number of halogens is 1. The fraction of sp³-hybridized carbons (Fsp3) is 0.500. The van der Waals surface area contributed by atoms with Gasteiger partial charge < -0.3 is 10.6 Å². The second-order valence-corrected chi connectivity index (χ2v) is 3.27. The van der Waals surface area contributed by atoms with Crippen LogP contribution in [-0.4, -0.2) is 27.7 Å². The molecule has 72 valence electrons. The highest BCUT2D eigenvalue weighted by Crippen LogP contribution is 2.18. The Bertz CT molecular complexity index is 303. The molecule has 7 heteroatoms. The lowest BCUT2D eigenvalue weighted by Gasteiger charge is -2.10. The number of hydrogen-bond donors (Lipinski definition) is 2. The zero-order chi connectivity index (χ0) is 9.84. The zero-order valence-electron chi connectivity index (χ0n) is 7.17. The maximum atomic E-state index is 11.1. The quantitative estimate of drug-likeness (QED) is 0.789. The van der Waals surface area contributed by atoms with Crippen LogP contribution in [-0.2, 0) is 4.79 Å². The Kier molecular flexibility index (Phi) is 3.44. The largest absolute Gasteiger partial charge is 0.357 e. The molecular weight excluding hydrogens is 212 g/mol. The number of nitrogens with zero attached hydrogens (tertiary/aromatic N) is 2. The molecule has 0 saturated heterocycles. The summed E-state index contributed by atoms with van der Waals surface area (Å²) in [6.07, 6.45) is 0. The van der Waals surface area contributed by atoms with Crippen molar-refractivity contribution in [2.75, 3.05) is 12.4 Å². The van der Waals surface area contributed by atoms with Crippen molar-refractivity contribution in [2.24, 2.45) is 0 Å². The lowest BCUT2D eigenvalue weighted by Crippen LogP contribution is -2.35. The number of anilines is 1. The number of aromatic nitrogens is 2. The van der Waals surface area contributed by atoms with Crippen LogP contribution < -0.4 is 10.6 Å². The molecule has 0 spiro atoms. The minimum absolute atomic E-state index is 0.121. The van der Waals surface area contributed by atoms with Gasteiger partial charge in [0, 0.05) is 7.05 Å². The van der Waals surface area contributed by atoms with E-state index in [2.05, 4.69) is 19.4 Å². The van der Waals surface area contributed by atoms with E-state index in [0.29, 0.717) is 11.0 Å². The molecule has 1 heterocycles. The van der Waals surface area contributed by atoms with E-state index in [-0.39, 0.29) is 11.9 Å². The summed E-state index contributed by atoms with van der Waals surface area (Å²) in [7, 11) is 1.57. The van der Waals surface area contributed by atoms with Crippen LogP contribution in [0.1, 0.15) is 6.92 Å². The number of carbonyl (C=O) groups is 1. The molecule has 0 saturated carbocycles. The van der Waals surface area contributed by atoms with Gasteiger partial charge in [-0.1, -0.05) is 11.6 Å². The zero-order valence-corrected chi connectivity index (χ0v) is 8.74. The Morgan fingerprint density at radius 1 is 1.62 bits per heavy atom. The van der Waals surface area contributed by atoms with Crippen molar-refractivity contribution in [1.82, 2.24) is 14.1 Å². The second kappa shape index (κ2) is 4.38. The minimum atomic E-state index is -0.369. The van der Waals surface area contributed by atoms with Gasteiger partial charge in [0.2, 0.25) is 5.91 Å². The fourth-order valence-electron chi connectivity index (χ4n) is 0.751. The molecule has 1 unspecified atom stereocenters. The van der Waals surface area contributed by atoms with Gasteiger partial charge in [-0.3, -0.25) is 4.79 Å². The lowest BCUT2D eigenvalue weighted by molar-refractivity contribution is -0.121. The van der Waals surface area contributed by atoms with Crippen molar-refractivity contribution >= 4 is 35.1 Å². The van der Waals surface area contributed by atoms with E-state index in [1.807, 2.05) is 0 Å². The molecule has 2 N–H and O–H groups in total. The van der Waals surface area contributed by atoms with Gasteiger partial charge in [-0.2, -0.15) is 8.75 Å². The van der Waals surface area contributed by atoms with Crippen LogP contribution >= 0.6 is 23.3 Å².